The Labute approximate surface area is 203 Å². The third-order valence-electron chi connectivity index (χ3n) is 6.37. The molecule has 0 bridgehead atoms. The molecule has 2 aromatic carbocycles. The minimum atomic E-state index is -1.91. The monoisotopic (exact) mass is 491 g/mol. The number of ether oxygens (including phenoxy) is 2. The quantitative estimate of drug-likeness (QED) is 0.337. The van der Waals surface area contributed by atoms with Gasteiger partial charge in [-0.15, -0.1) is 0 Å². The summed E-state index contributed by atoms with van der Waals surface area (Å²) in [5.74, 6) is 0. The molecule has 0 saturated carbocycles. The lowest BCUT2D eigenvalue weighted by atomic mass is 10.1. The largest absolute Gasteiger partial charge is 0.415 e. The number of hydrogen-bond donors (Lipinski definition) is 1. The van der Waals surface area contributed by atoms with E-state index in [1.807, 2.05) is 54.6 Å². The third-order valence-corrected chi connectivity index (χ3v) is 11.6. The van der Waals surface area contributed by atoms with E-state index in [1.165, 1.54) is 0 Å². The van der Waals surface area contributed by atoms with Gasteiger partial charge in [0.15, 0.2) is 8.32 Å². The predicted molar refractivity (Wildman–Crippen MR) is 138 cm³/mol. The maximum Gasteiger partial charge on any atom is 0.192 e. The van der Waals surface area contributed by atoms with Gasteiger partial charge in [-0.1, -0.05) is 93.1 Å². The van der Waals surface area contributed by atoms with Gasteiger partial charge >= 0.3 is 0 Å². The van der Waals surface area contributed by atoms with Crippen molar-refractivity contribution in [2.45, 2.75) is 70.4 Å². The molecule has 1 heterocycles. The van der Waals surface area contributed by atoms with Crippen LogP contribution in [0.3, 0.4) is 0 Å². The fraction of sp³-hybridized carbons (Fsp3) is 0.480. The molecule has 174 valence electrons. The molecule has 7 heteroatoms. The molecule has 2 aromatic rings. The number of rotatable bonds is 9. The number of nitrogens with one attached hydrogen (secondary N) is 1. The van der Waals surface area contributed by atoms with E-state index < -0.39 is 8.32 Å². The standard InChI is InChI=1S/C25H34ClNO3SSi/c1-25(2,3)32(4,5)30-17-21-22(29-16-19-13-9-10-14-20(19)26)23(24(31)27-21)28-15-18-11-7-6-8-12-18/h6-14,21-23H,15-17H2,1-5H3,(H,27,31). The summed E-state index contributed by atoms with van der Waals surface area (Å²) in [6, 6.07) is 17.7. The molecule has 0 aliphatic carbocycles. The van der Waals surface area contributed by atoms with Crippen LogP contribution in [0.5, 0.6) is 0 Å². The van der Waals surface area contributed by atoms with Crippen LogP contribution in [0.25, 0.3) is 0 Å². The highest BCUT2D eigenvalue weighted by Gasteiger charge is 2.44. The lowest BCUT2D eigenvalue weighted by Gasteiger charge is -2.37. The second kappa shape index (κ2) is 10.8. The first-order valence-corrected chi connectivity index (χ1v) is 14.7. The Hall–Kier alpha value is -1.28. The SMILES string of the molecule is CC(C)(C)[Si](C)(C)OCC1NC(=S)C(OCc2ccccc2)C1OCc1ccccc1Cl. The average molecular weight is 492 g/mol. The Morgan fingerprint density at radius 3 is 2.28 bits per heavy atom. The van der Waals surface area contributed by atoms with Gasteiger partial charge in [0.1, 0.15) is 17.2 Å². The molecule has 1 fully saturated rings. The van der Waals surface area contributed by atoms with Crippen molar-refractivity contribution < 1.29 is 13.9 Å². The minimum Gasteiger partial charge on any atom is -0.415 e. The van der Waals surface area contributed by atoms with E-state index in [2.05, 4.69) is 39.2 Å². The number of benzene rings is 2. The first kappa shape index (κ1) is 25.3. The van der Waals surface area contributed by atoms with Gasteiger partial charge in [0.2, 0.25) is 0 Å². The molecular weight excluding hydrogens is 458 g/mol. The van der Waals surface area contributed by atoms with Crippen LogP contribution in [-0.2, 0) is 27.1 Å². The maximum atomic E-state index is 6.50. The molecule has 0 radical (unpaired) electrons. The molecule has 1 saturated heterocycles. The van der Waals surface area contributed by atoms with Gasteiger partial charge in [-0.05, 0) is 35.3 Å². The van der Waals surface area contributed by atoms with E-state index >= 15 is 0 Å². The summed E-state index contributed by atoms with van der Waals surface area (Å²) in [5.41, 5.74) is 2.04. The van der Waals surface area contributed by atoms with Crippen molar-refractivity contribution in [2.75, 3.05) is 6.61 Å². The Kier molecular flexibility index (Phi) is 8.52. The topological polar surface area (TPSA) is 39.7 Å². The number of hydrogen-bond acceptors (Lipinski definition) is 4. The second-order valence-electron chi connectivity index (χ2n) is 9.77. The molecule has 1 N–H and O–H groups in total. The van der Waals surface area contributed by atoms with Crippen LogP contribution in [0.15, 0.2) is 54.6 Å². The van der Waals surface area contributed by atoms with Crippen LogP contribution >= 0.6 is 23.8 Å². The van der Waals surface area contributed by atoms with Crippen LogP contribution in [0.4, 0.5) is 0 Å². The lowest BCUT2D eigenvalue weighted by Crippen LogP contribution is -2.47. The van der Waals surface area contributed by atoms with E-state index in [4.69, 9.17) is 37.7 Å². The van der Waals surface area contributed by atoms with Gasteiger partial charge in [-0.3, -0.25) is 0 Å². The predicted octanol–water partition coefficient (Wildman–Crippen LogP) is 6.13. The molecule has 3 atom stereocenters. The zero-order chi connectivity index (χ0) is 23.4. The zero-order valence-electron chi connectivity index (χ0n) is 19.6. The molecule has 32 heavy (non-hydrogen) atoms. The van der Waals surface area contributed by atoms with Crippen LogP contribution in [0.1, 0.15) is 31.9 Å². The van der Waals surface area contributed by atoms with Gasteiger partial charge < -0.3 is 19.2 Å². The molecule has 4 nitrogen and oxygen atoms in total. The van der Waals surface area contributed by atoms with E-state index in [1.54, 1.807) is 0 Å². The highest BCUT2D eigenvalue weighted by Crippen LogP contribution is 2.37. The Bertz CT molecular complexity index is 904. The number of thiocarbonyl (C=S) groups is 1. The Balaban J connectivity index is 1.73. The first-order valence-electron chi connectivity index (χ1n) is 11.0. The second-order valence-corrected chi connectivity index (χ2v) is 15.4. The van der Waals surface area contributed by atoms with E-state index in [-0.39, 0.29) is 23.3 Å². The average Bonchev–Trinajstić information content (AvgIpc) is 3.04. The van der Waals surface area contributed by atoms with Crippen LogP contribution in [-0.4, -0.2) is 38.2 Å². The number of halogens is 1. The maximum absolute atomic E-state index is 6.50. The van der Waals surface area contributed by atoms with Crippen molar-refractivity contribution in [3.63, 3.8) is 0 Å². The summed E-state index contributed by atoms with van der Waals surface area (Å²) in [4.78, 5) is 0.661. The highest BCUT2D eigenvalue weighted by atomic mass is 35.5. The van der Waals surface area contributed by atoms with Gasteiger partial charge in [0, 0.05) is 5.02 Å². The van der Waals surface area contributed by atoms with Crippen molar-refractivity contribution in [1.82, 2.24) is 5.32 Å². The normalized spacial score (nSPS) is 21.6. The van der Waals surface area contributed by atoms with Crippen molar-refractivity contribution >= 4 is 37.1 Å². The molecule has 3 unspecified atom stereocenters. The van der Waals surface area contributed by atoms with Gasteiger partial charge in [-0.2, -0.15) is 0 Å². The fourth-order valence-corrected chi connectivity index (χ4v) is 4.87. The van der Waals surface area contributed by atoms with Gasteiger partial charge in [-0.25, -0.2) is 0 Å². The molecule has 3 rings (SSSR count). The summed E-state index contributed by atoms with van der Waals surface area (Å²) in [6.07, 6.45) is -0.618. The molecule has 0 aromatic heterocycles. The first-order chi connectivity index (χ1) is 15.1. The molecule has 1 aliphatic rings. The summed E-state index contributed by atoms with van der Waals surface area (Å²) in [7, 11) is -1.91. The zero-order valence-corrected chi connectivity index (χ0v) is 22.1. The summed E-state index contributed by atoms with van der Waals surface area (Å²) >= 11 is 12.0. The van der Waals surface area contributed by atoms with E-state index in [0.717, 1.165) is 11.1 Å². The molecule has 1 aliphatic heterocycles. The molecular formula is C25H34ClNO3SSi. The molecule has 0 spiro atoms. The summed E-state index contributed by atoms with van der Waals surface area (Å²) < 4.78 is 19.1. The fourth-order valence-electron chi connectivity index (χ4n) is 3.29. The third kappa shape index (κ3) is 6.40. The minimum absolute atomic E-state index is 0.0834. The molecule has 0 amide bonds. The Morgan fingerprint density at radius 2 is 1.62 bits per heavy atom. The van der Waals surface area contributed by atoms with Gasteiger partial charge in [0.05, 0.1) is 25.9 Å². The van der Waals surface area contributed by atoms with Gasteiger partial charge in [0.25, 0.3) is 0 Å². The van der Waals surface area contributed by atoms with Crippen LogP contribution in [0, 0.1) is 0 Å². The van der Waals surface area contributed by atoms with E-state index in [0.29, 0.717) is 29.8 Å². The van der Waals surface area contributed by atoms with Crippen LogP contribution < -0.4 is 5.32 Å². The summed E-state index contributed by atoms with van der Waals surface area (Å²) in [5, 5.41) is 4.23. The smallest absolute Gasteiger partial charge is 0.192 e. The van der Waals surface area contributed by atoms with Crippen molar-refractivity contribution in [3.8, 4) is 0 Å². The van der Waals surface area contributed by atoms with E-state index in [9.17, 15) is 0 Å². The van der Waals surface area contributed by atoms with Crippen molar-refractivity contribution in [3.05, 3.63) is 70.7 Å². The summed E-state index contributed by atoms with van der Waals surface area (Å²) in [6.45, 7) is 12.6. The van der Waals surface area contributed by atoms with Crippen LogP contribution in [0.2, 0.25) is 23.2 Å². The lowest BCUT2D eigenvalue weighted by molar-refractivity contribution is -0.0610. The highest BCUT2D eigenvalue weighted by molar-refractivity contribution is 7.80. The Morgan fingerprint density at radius 1 is 0.969 bits per heavy atom. The van der Waals surface area contributed by atoms with Crippen molar-refractivity contribution in [2.24, 2.45) is 0 Å². The van der Waals surface area contributed by atoms with Crippen molar-refractivity contribution in [1.29, 1.82) is 0 Å².